The van der Waals surface area contributed by atoms with Crippen LogP contribution < -0.4 is 10.1 Å². The number of aromatic nitrogens is 1. The Morgan fingerprint density at radius 2 is 2.08 bits per heavy atom. The van der Waals surface area contributed by atoms with Gasteiger partial charge in [-0.3, -0.25) is 4.79 Å². The Bertz CT molecular complexity index is 934. The van der Waals surface area contributed by atoms with Crippen molar-refractivity contribution in [2.45, 2.75) is 32.5 Å². The van der Waals surface area contributed by atoms with Gasteiger partial charge in [0.15, 0.2) is 0 Å². The van der Waals surface area contributed by atoms with Crippen molar-refractivity contribution in [2.24, 2.45) is 0 Å². The second-order valence-electron chi connectivity index (χ2n) is 6.26. The first-order valence-electron chi connectivity index (χ1n) is 8.48. The summed E-state index contributed by atoms with van der Waals surface area (Å²) < 4.78 is 8.06. The fourth-order valence-corrected chi connectivity index (χ4v) is 3.50. The summed E-state index contributed by atoms with van der Waals surface area (Å²) in [4.78, 5) is 12.8. The fraction of sp³-hybridized carbons (Fsp3) is 0.250. The Kier molecular flexibility index (Phi) is 4.14. The molecule has 0 fully saturated rings. The molecular formula is C20H19ClN2O2. The van der Waals surface area contributed by atoms with E-state index in [1.54, 1.807) is 0 Å². The highest BCUT2D eigenvalue weighted by Crippen LogP contribution is 2.38. The molecule has 1 aromatic heterocycles. The summed E-state index contributed by atoms with van der Waals surface area (Å²) >= 11 is 6.34. The SMILES string of the molecule is CC[C@H]1Cn2c(C(=O)NCc3ccccc3)cc3c(Cl)ccc(c32)O1. The molecule has 0 bridgehead atoms. The van der Waals surface area contributed by atoms with Crippen molar-refractivity contribution in [1.29, 1.82) is 0 Å². The summed E-state index contributed by atoms with van der Waals surface area (Å²) in [6, 6.07) is 15.5. The van der Waals surface area contributed by atoms with Gasteiger partial charge in [-0.2, -0.15) is 0 Å². The zero-order chi connectivity index (χ0) is 17.4. The molecular weight excluding hydrogens is 336 g/mol. The molecule has 2 aromatic carbocycles. The first kappa shape index (κ1) is 16.0. The summed E-state index contributed by atoms with van der Waals surface area (Å²) in [7, 11) is 0. The Balaban J connectivity index is 1.69. The van der Waals surface area contributed by atoms with Gasteiger partial charge in [-0.05, 0) is 30.2 Å². The Labute approximate surface area is 151 Å². The number of ether oxygens (including phenoxy) is 1. The van der Waals surface area contributed by atoms with Gasteiger partial charge >= 0.3 is 0 Å². The third-order valence-electron chi connectivity index (χ3n) is 4.63. The maximum Gasteiger partial charge on any atom is 0.268 e. The molecule has 3 aromatic rings. The summed E-state index contributed by atoms with van der Waals surface area (Å²) in [5, 5.41) is 4.50. The Hall–Kier alpha value is -2.46. The zero-order valence-corrected chi connectivity index (χ0v) is 14.7. The molecule has 1 aliphatic heterocycles. The Morgan fingerprint density at radius 1 is 1.28 bits per heavy atom. The number of hydrogen-bond donors (Lipinski definition) is 1. The number of halogens is 1. The number of carbonyl (C=O) groups is 1. The lowest BCUT2D eigenvalue weighted by molar-refractivity contribution is 0.0935. The van der Waals surface area contributed by atoms with E-state index in [4.69, 9.17) is 16.3 Å². The van der Waals surface area contributed by atoms with Gasteiger partial charge < -0.3 is 14.6 Å². The standard InChI is InChI=1S/C20H19ClN2O2/c1-2-14-12-23-17(20(24)22-11-13-6-4-3-5-7-13)10-15-16(21)8-9-18(25-14)19(15)23/h3-10,14H,2,11-12H2,1H3,(H,22,24)/t14-/m0/s1. The number of amides is 1. The lowest BCUT2D eigenvalue weighted by atomic mass is 10.2. The molecule has 1 atom stereocenters. The van der Waals surface area contributed by atoms with Crippen LogP contribution in [0.4, 0.5) is 0 Å². The van der Waals surface area contributed by atoms with E-state index in [2.05, 4.69) is 12.2 Å². The minimum absolute atomic E-state index is 0.0601. The number of nitrogens with zero attached hydrogens (tertiary/aromatic N) is 1. The highest BCUT2D eigenvalue weighted by atomic mass is 35.5. The smallest absolute Gasteiger partial charge is 0.268 e. The maximum atomic E-state index is 12.8. The average Bonchev–Trinajstić information content (AvgIpc) is 3.04. The molecule has 4 nitrogen and oxygen atoms in total. The van der Waals surface area contributed by atoms with Crippen molar-refractivity contribution in [1.82, 2.24) is 9.88 Å². The van der Waals surface area contributed by atoms with Gasteiger partial charge in [0.25, 0.3) is 5.91 Å². The second-order valence-corrected chi connectivity index (χ2v) is 6.67. The minimum atomic E-state index is -0.0983. The zero-order valence-electron chi connectivity index (χ0n) is 14.0. The second kappa shape index (κ2) is 6.45. The molecule has 1 amide bonds. The van der Waals surface area contributed by atoms with Crippen molar-refractivity contribution in [3.05, 3.63) is 64.8 Å². The van der Waals surface area contributed by atoms with Crippen molar-refractivity contribution in [3.8, 4) is 5.75 Å². The van der Waals surface area contributed by atoms with E-state index < -0.39 is 0 Å². The van der Waals surface area contributed by atoms with Crippen LogP contribution in [0.3, 0.4) is 0 Å². The maximum absolute atomic E-state index is 12.8. The summed E-state index contributed by atoms with van der Waals surface area (Å²) in [5.41, 5.74) is 2.60. The van der Waals surface area contributed by atoms with Crippen LogP contribution in [0.1, 0.15) is 29.4 Å². The number of rotatable bonds is 4. The third-order valence-corrected chi connectivity index (χ3v) is 4.96. The van der Waals surface area contributed by atoms with E-state index >= 15 is 0 Å². The monoisotopic (exact) mass is 354 g/mol. The molecule has 5 heteroatoms. The predicted molar refractivity (Wildman–Crippen MR) is 99.3 cm³/mol. The molecule has 0 saturated carbocycles. The van der Waals surface area contributed by atoms with Gasteiger partial charge in [-0.15, -0.1) is 0 Å². The highest BCUT2D eigenvalue weighted by molar-refractivity contribution is 6.36. The van der Waals surface area contributed by atoms with Crippen molar-refractivity contribution in [3.63, 3.8) is 0 Å². The lowest BCUT2D eigenvalue weighted by Crippen LogP contribution is -2.31. The summed E-state index contributed by atoms with van der Waals surface area (Å²) in [6.07, 6.45) is 0.942. The number of carbonyl (C=O) groups excluding carboxylic acids is 1. The molecule has 2 heterocycles. The molecule has 0 aliphatic carbocycles. The van der Waals surface area contributed by atoms with E-state index in [1.807, 2.05) is 53.1 Å². The molecule has 128 valence electrons. The normalized spacial score (nSPS) is 15.8. The van der Waals surface area contributed by atoms with Crippen LogP contribution >= 0.6 is 11.6 Å². The van der Waals surface area contributed by atoms with Gasteiger partial charge in [-0.25, -0.2) is 0 Å². The van der Waals surface area contributed by atoms with Crippen LogP contribution in [-0.2, 0) is 13.1 Å². The van der Waals surface area contributed by atoms with Crippen LogP contribution in [0.2, 0.25) is 5.02 Å². The van der Waals surface area contributed by atoms with Gasteiger partial charge in [0.05, 0.1) is 17.1 Å². The van der Waals surface area contributed by atoms with Crippen LogP contribution in [-0.4, -0.2) is 16.6 Å². The molecule has 1 N–H and O–H groups in total. The van der Waals surface area contributed by atoms with Crippen molar-refractivity contribution < 1.29 is 9.53 Å². The number of hydrogen-bond acceptors (Lipinski definition) is 2. The fourth-order valence-electron chi connectivity index (χ4n) is 3.29. The molecule has 0 unspecified atom stereocenters. The molecule has 0 spiro atoms. The molecule has 0 radical (unpaired) electrons. The topological polar surface area (TPSA) is 43.3 Å². The van der Waals surface area contributed by atoms with Crippen LogP contribution in [0, 0.1) is 0 Å². The van der Waals surface area contributed by atoms with Crippen molar-refractivity contribution >= 4 is 28.4 Å². The summed E-state index contributed by atoms with van der Waals surface area (Å²) in [6.45, 7) is 3.23. The van der Waals surface area contributed by atoms with Crippen molar-refractivity contribution in [2.75, 3.05) is 0 Å². The van der Waals surface area contributed by atoms with Gasteiger partial charge in [0, 0.05) is 11.9 Å². The first-order chi connectivity index (χ1) is 12.2. The molecule has 1 aliphatic rings. The van der Waals surface area contributed by atoms with Gasteiger partial charge in [0.1, 0.15) is 17.5 Å². The van der Waals surface area contributed by atoms with Crippen LogP contribution in [0.25, 0.3) is 10.9 Å². The molecule has 0 saturated heterocycles. The van der Waals surface area contributed by atoms with E-state index in [0.29, 0.717) is 23.8 Å². The number of nitrogens with one attached hydrogen (secondary N) is 1. The highest BCUT2D eigenvalue weighted by Gasteiger charge is 2.26. The summed E-state index contributed by atoms with van der Waals surface area (Å²) in [5.74, 6) is 0.693. The van der Waals surface area contributed by atoms with E-state index in [-0.39, 0.29) is 12.0 Å². The minimum Gasteiger partial charge on any atom is -0.486 e. The third kappa shape index (κ3) is 2.87. The average molecular weight is 355 g/mol. The quantitative estimate of drug-likeness (QED) is 0.754. The van der Waals surface area contributed by atoms with Crippen LogP contribution in [0.15, 0.2) is 48.5 Å². The predicted octanol–water partition coefficient (Wildman–Crippen LogP) is 4.40. The van der Waals surface area contributed by atoms with Gasteiger partial charge in [-0.1, -0.05) is 48.9 Å². The lowest BCUT2D eigenvalue weighted by Gasteiger charge is -2.26. The number of benzene rings is 2. The largest absolute Gasteiger partial charge is 0.486 e. The Morgan fingerprint density at radius 3 is 2.84 bits per heavy atom. The van der Waals surface area contributed by atoms with Gasteiger partial charge in [0.2, 0.25) is 0 Å². The molecule has 25 heavy (non-hydrogen) atoms. The first-order valence-corrected chi connectivity index (χ1v) is 8.85. The van der Waals surface area contributed by atoms with E-state index in [1.165, 1.54) is 0 Å². The van der Waals surface area contributed by atoms with E-state index in [0.717, 1.165) is 28.6 Å². The van der Waals surface area contributed by atoms with E-state index in [9.17, 15) is 4.79 Å². The molecule has 4 rings (SSSR count). The van der Waals surface area contributed by atoms with Crippen LogP contribution in [0.5, 0.6) is 5.75 Å².